The van der Waals surface area contributed by atoms with Gasteiger partial charge in [-0.25, -0.2) is 39.2 Å². The van der Waals surface area contributed by atoms with Crippen LogP contribution >= 0.6 is 26.2 Å². The maximum atomic E-state index is 14.4. The van der Waals surface area contributed by atoms with Crippen molar-refractivity contribution < 1.29 is 56.5 Å². The maximum absolute atomic E-state index is 14.4. The van der Waals surface area contributed by atoms with Crippen molar-refractivity contribution in [2.45, 2.75) is 146 Å². The second-order valence-corrected chi connectivity index (χ2v) is 29.2. The van der Waals surface area contributed by atoms with Gasteiger partial charge in [0.25, 0.3) is 0 Å². The minimum atomic E-state index is -4.22. The standard InChI is InChI=1S/C62H74N16O12P2S/c1-40-55-60(68-36-66-40)77(38-70-55)54-31-62(2,91(84)87-34-44-23-24-53(89-44)76-39-71-57-59(63)67-37-69-61(57)76)48(90-54)26-30-88-92(85,86)93-35-41-19-21-43(22-20-41)72-51(82)32-65-50(81)18-5-3-11-28-78-58-45-14-8-7-13-42(45)33-75(47-16-10-9-15-46(47)56(58)73-74-78)52(83)25-27-64-49(80)17-6-4-12-29-79/h7-10,13-16,19-22,29,36-39,44,48,53-54,91H,3-6,11-12,17-18,23-28,30-35H2,1-2H3,(H,64,80)(H,65,81)(H,72,82)(H,85,86)(H2,63,67,69)/t44-,48+,53+,54+,62?/m0/s1. The zero-order valence-electron chi connectivity index (χ0n) is 51.5. The number of aldehydes is 1. The van der Waals surface area contributed by atoms with Crippen LogP contribution in [0.5, 0.6) is 0 Å². The highest BCUT2D eigenvalue weighted by atomic mass is 32.7. The number of anilines is 3. The summed E-state index contributed by atoms with van der Waals surface area (Å²) in [4.78, 5) is 101. The van der Waals surface area contributed by atoms with E-state index in [1.807, 2.05) is 67.1 Å². The molecule has 2 fully saturated rings. The number of nitrogen functional groups attached to an aromatic ring is 1. The zero-order chi connectivity index (χ0) is 65.1. The first kappa shape index (κ1) is 66.3. The molecule has 0 spiro atoms. The summed E-state index contributed by atoms with van der Waals surface area (Å²) in [5.41, 5.74) is 14.7. The molecule has 6 N–H and O–H groups in total. The number of hydrogen-bond donors (Lipinski definition) is 5. The molecule has 0 aliphatic carbocycles. The van der Waals surface area contributed by atoms with Gasteiger partial charge in [-0.15, -0.1) is 5.10 Å². The van der Waals surface area contributed by atoms with Crippen LogP contribution in [0.3, 0.4) is 0 Å². The summed E-state index contributed by atoms with van der Waals surface area (Å²) in [5.74, 6) is -0.624. The minimum absolute atomic E-state index is 0.0550. The van der Waals surface area contributed by atoms with Crippen LogP contribution in [0.25, 0.3) is 44.8 Å². The Hall–Kier alpha value is -8.14. The average molecular weight is 1330 g/mol. The van der Waals surface area contributed by atoms with Crippen molar-refractivity contribution in [2.24, 2.45) is 0 Å². The number of amides is 4. The Bertz CT molecular complexity index is 4080. The van der Waals surface area contributed by atoms with Crippen molar-refractivity contribution in [3.8, 4) is 22.5 Å². The van der Waals surface area contributed by atoms with Crippen LogP contribution in [0.1, 0.15) is 120 Å². The van der Waals surface area contributed by atoms with Crippen molar-refractivity contribution in [1.82, 2.24) is 64.7 Å². The van der Waals surface area contributed by atoms with Crippen molar-refractivity contribution in [3.05, 3.63) is 115 Å². The number of fused-ring (bicyclic) bond motifs is 7. The van der Waals surface area contributed by atoms with Gasteiger partial charge in [0.2, 0.25) is 23.6 Å². The van der Waals surface area contributed by atoms with Gasteiger partial charge in [0, 0.05) is 67.8 Å². The normalized spacial score (nSPS) is 19.5. The third kappa shape index (κ3) is 15.9. The van der Waals surface area contributed by atoms with E-state index in [0.717, 1.165) is 40.1 Å². The number of imidazole rings is 2. The Morgan fingerprint density at radius 2 is 1.55 bits per heavy atom. The molecular formula is C62H74N16O12P2S. The molecule has 93 heavy (non-hydrogen) atoms. The highest BCUT2D eigenvalue weighted by molar-refractivity contribution is 8.54. The van der Waals surface area contributed by atoms with Crippen LogP contribution < -0.4 is 26.6 Å². The number of carbonyl (C=O) groups excluding carboxylic acids is 5. The lowest BCUT2D eigenvalue weighted by Gasteiger charge is -2.29. The fourth-order valence-electron chi connectivity index (χ4n) is 11.8. The Kier molecular flexibility index (Phi) is 21.6. The quantitative estimate of drug-likeness (QED) is 0.0160. The topological polar surface area (TPSA) is 360 Å². The van der Waals surface area contributed by atoms with Gasteiger partial charge < -0.3 is 54.8 Å². The van der Waals surface area contributed by atoms with Gasteiger partial charge in [0.05, 0.1) is 73.4 Å². The van der Waals surface area contributed by atoms with Gasteiger partial charge in [0.15, 0.2) is 25.1 Å². The second kappa shape index (κ2) is 30.3. The van der Waals surface area contributed by atoms with Gasteiger partial charge in [-0.1, -0.05) is 66.2 Å². The number of unbranched alkanes of at least 4 members (excludes halogenated alkanes) is 4. The van der Waals surface area contributed by atoms with Crippen LogP contribution in [-0.4, -0.2) is 133 Å². The van der Waals surface area contributed by atoms with Crippen molar-refractivity contribution >= 4 is 95.6 Å². The van der Waals surface area contributed by atoms with E-state index in [9.17, 15) is 38.0 Å². The maximum Gasteiger partial charge on any atom is 0.386 e. The summed E-state index contributed by atoms with van der Waals surface area (Å²) >= 11 is 0.734. The highest BCUT2D eigenvalue weighted by Crippen LogP contribution is 2.59. The van der Waals surface area contributed by atoms with Crippen molar-refractivity contribution in [2.75, 3.05) is 42.3 Å². The molecule has 7 atom stereocenters. The van der Waals surface area contributed by atoms with Gasteiger partial charge in [0.1, 0.15) is 48.1 Å². The molecule has 3 aliphatic rings. The van der Waals surface area contributed by atoms with E-state index in [1.54, 1.807) is 51.0 Å². The first-order chi connectivity index (χ1) is 45.0. The van der Waals surface area contributed by atoms with Crippen LogP contribution in [0.15, 0.2) is 98.1 Å². The highest BCUT2D eigenvalue weighted by Gasteiger charge is 2.51. The smallest absolute Gasteiger partial charge is 0.382 e. The van der Waals surface area contributed by atoms with Crippen LogP contribution in [0, 0.1) is 6.92 Å². The first-order valence-corrected chi connectivity index (χ1v) is 35.5. The third-order valence-electron chi connectivity index (χ3n) is 16.8. The molecule has 0 saturated carbocycles. The number of aryl methyl sites for hydroxylation is 2. The second-order valence-electron chi connectivity index (χ2n) is 23.3. The molecular weight excluding hydrogens is 1250 g/mol. The van der Waals surface area contributed by atoms with Crippen LogP contribution in [-0.2, 0) is 70.5 Å². The molecule has 11 rings (SSSR count). The fraction of sp³-hybridized carbons (Fsp3) is 0.435. The number of nitrogens with zero attached hydrogens (tertiary/aromatic N) is 12. The predicted molar refractivity (Wildman–Crippen MR) is 347 cm³/mol. The Balaban J connectivity index is 0.610. The number of nitrogens with two attached hydrogens (primary N) is 1. The van der Waals surface area contributed by atoms with E-state index >= 15 is 0 Å². The number of nitrogens with one attached hydrogen (secondary N) is 3. The Morgan fingerprint density at radius 1 is 0.828 bits per heavy atom. The number of aromatic nitrogens is 11. The molecule has 3 aliphatic heterocycles. The summed E-state index contributed by atoms with van der Waals surface area (Å²) in [7, 11) is -2.89. The lowest BCUT2D eigenvalue weighted by atomic mass is 9.95. The number of para-hydroxylation sites is 1. The van der Waals surface area contributed by atoms with E-state index in [4.69, 9.17) is 24.3 Å². The summed E-state index contributed by atoms with van der Waals surface area (Å²) in [6.07, 6.45) is 10.6. The minimum Gasteiger partial charge on any atom is -0.382 e. The molecule has 8 heterocycles. The third-order valence-corrected chi connectivity index (χ3v) is 21.7. The molecule has 0 bridgehead atoms. The van der Waals surface area contributed by atoms with Gasteiger partial charge in [-0.3, -0.25) is 32.9 Å². The number of ether oxygens (including phenoxy) is 2. The average Bonchev–Trinajstić information content (AvgIpc) is 1.07. The molecule has 28 nitrogen and oxygen atoms in total. The van der Waals surface area contributed by atoms with Crippen molar-refractivity contribution in [3.63, 3.8) is 0 Å². The van der Waals surface area contributed by atoms with E-state index in [1.165, 1.54) is 12.7 Å². The number of rotatable bonds is 30. The van der Waals surface area contributed by atoms with Gasteiger partial charge in [-0.05, 0) is 99.5 Å². The number of benzene rings is 3. The number of carbonyl (C=O) groups is 5. The lowest BCUT2D eigenvalue weighted by Crippen LogP contribution is -2.35. The van der Waals surface area contributed by atoms with Gasteiger partial charge >= 0.3 is 6.80 Å². The molecule has 2 saturated heterocycles. The molecule has 4 amide bonds. The largest absolute Gasteiger partial charge is 0.386 e. The molecule has 8 aromatic rings. The molecule has 2 unspecified atom stereocenters. The predicted octanol–water partition coefficient (Wildman–Crippen LogP) is 8.57. The summed E-state index contributed by atoms with van der Waals surface area (Å²) in [6, 6.07) is 22.2. The van der Waals surface area contributed by atoms with Gasteiger partial charge in [-0.2, -0.15) is 0 Å². The van der Waals surface area contributed by atoms with Crippen molar-refractivity contribution in [1.29, 1.82) is 0 Å². The fourth-order valence-corrected chi connectivity index (χ4v) is 15.6. The Labute approximate surface area is 540 Å². The molecule has 31 heteroatoms. The molecule has 0 radical (unpaired) electrons. The number of hydrogen-bond acceptors (Lipinski definition) is 21. The Morgan fingerprint density at radius 3 is 2.35 bits per heavy atom. The van der Waals surface area contributed by atoms with E-state index in [2.05, 4.69) is 56.2 Å². The lowest BCUT2D eigenvalue weighted by molar-refractivity contribution is -0.124. The molecule has 490 valence electrons. The monoisotopic (exact) mass is 1330 g/mol. The first-order valence-electron chi connectivity index (χ1n) is 31.0. The van der Waals surface area contributed by atoms with Crippen LogP contribution in [0.4, 0.5) is 17.2 Å². The van der Waals surface area contributed by atoms with E-state index in [-0.39, 0.29) is 93.6 Å². The zero-order valence-corrected chi connectivity index (χ0v) is 54.2. The van der Waals surface area contributed by atoms with E-state index < -0.39 is 38.2 Å². The summed E-state index contributed by atoms with van der Waals surface area (Å²) in [5, 5.41) is 16.5. The molecule has 5 aromatic heterocycles. The summed E-state index contributed by atoms with van der Waals surface area (Å²) < 4.78 is 58.0. The molecule has 3 aromatic carbocycles. The van der Waals surface area contributed by atoms with E-state index in [0.29, 0.717) is 122 Å². The summed E-state index contributed by atoms with van der Waals surface area (Å²) in [6.45, 7) is 0.0634. The van der Waals surface area contributed by atoms with Crippen LogP contribution in [0.2, 0.25) is 0 Å². The SMILES string of the molecule is Cc1ncnc2c1ncn2[C@H]1CC(C)([PH](=O)OC[C@@H]2CC[C@H](n3cnc4c(N)ncnc43)O2)[C@@H](CCO[P@](=O)(O)SCc2ccc(NC(=O)CNC(=O)CCCCCn3nnc4c3-c3ccccc3CN(C(=O)CCNC(=O)CCCCC=O)c3ccccc3-4)cc2)O1.